The number of aromatic nitrogens is 1. The maximum Gasteiger partial charge on any atom is 0.229 e. The van der Waals surface area contributed by atoms with Crippen LogP contribution in [0.2, 0.25) is 0 Å². The molecule has 0 spiro atoms. The van der Waals surface area contributed by atoms with Crippen molar-refractivity contribution in [2.24, 2.45) is 0 Å². The lowest BCUT2D eigenvalue weighted by atomic mass is 9.97. The molecule has 3 nitrogen and oxygen atoms in total. The van der Waals surface area contributed by atoms with Gasteiger partial charge in [0.15, 0.2) is 0 Å². The Morgan fingerprint density at radius 3 is 3.05 bits per heavy atom. The number of amides is 1. The molecule has 0 saturated carbocycles. The first kappa shape index (κ1) is 13.8. The van der Waals surface area contributed by atoms with Gasteiger partial charge in [0.25, 0.3) is 0 Å². The zero-order valence-electron chi connectivity index (χ0n) is 11.8. The summed E-state index contributed by atoms with van der Waals surface area (Å²) in [5.41, 5.74) is 2.26. The topological polar surface area (TPSA) is 33.2 Å². The molecule has 0 saturated heterocycles. The number of hydrogen-bond donors (Lipinski definition) is 0. The summed E-state index contributed by atoms with van der Waals surface area (Å²) in [6, 6.07) is 2.43. The van der Waals surface area contributed by atoms with Gasteiger partial charge in [-0.2, -0.15) is 0 Å². The molecule has 0 aromatic carbocycles. The van der Waals surface area contributed by atoms with Crippen molar-refractivity contribution in [1.29, 1.82) is 0 Å². The molecule has 2 aromatic rings. The standard InChI is InChI=1S/C15H18N2OS2/c1-3-13-12-5-7-19-14(12)4-6-17(13)15(18)8-11-9-20-10(2)16-11/h5,7,9,13H,3-4,6,8H2,1-2H3. The predicted octanol–water partition coefficient (Wildman–Crippen LogP) is 3.59. The Morgan fingerprint density at radius 2 is 2.35 bits per heavy atom. The summed E-state index contributed by atoms with van der Waals surface area (Å²) in [4.78, 5) is 20.5. The van der Waals surface area contributed by atoms with Crippen molar-refractivity contribution in [2.75, 3.05) is 6.54 Å². The molecule has 1 aliphatic heterocycles. The molecular formula is C15H18N2OS2. The lowest BCUT2D eigenvalue weighted by Crippen LogP contribution is -2.40. The summed E-state index contributed by atoms with van der Waals surface area (Å²) in [5.74, 6) is 0.207. The lowest BCUT2D eigenvalue weighted by molar-refractivity contribution is -0.133. The average Bonchev–Trinajstić information content (AvgIpc) is 3.06. The van der Waals surface area contributed by atoms with E-state index in [-0.39, 0.29) is 11.9 Å². The summed E-state index contributed by atoms with van der Waals surface area (Å²) >= 11 is 3.43. The summed E-state index contributed by atoms with van der Waals surface area (Å²) in [7, 11) is 0. The second-order valence-electron chi connectivity index (χ2n) is 5.09. The van der Waals surface area contributed by atoms with Gasteiger partial charge in [0.1, 0.15) is 0 Å². The number of aryl methyl sites for hydroxylation is 1. The number of carbonyl (C=O) groups excluding carboxylic acids is 1. The van der Waals surface area contributed by atoms with Gasteiger partial charge in [-0.05, 0) is 36.8 Å². The van der Waals surface area contributed by atoms with Crippen molar-refractivity contribution in [3.05, 3.63) is 38.0 Å². The van der Waals surface area contributed by atoms with Crippen LogP contribution in [0, 0.1) is 6.92 Å². The molecule has 106 valence electrons. The molecule has 0 N–H and O–H groups in total. The Labute approximate surface area is 127 Å². The molecule has 0 fully saturated rings. The fraction of sp³-hybridized carbons (Fsp3) is 0.467. The number of thiazole rings is 1. The van der Waals surface area contributed by atoms with Gasteiger partial charge >= 0.3 is 0 Å². The highest BCUT2D eigenvalue weighted by Crippen LogP contribution is 2.35. The van der Waals surface area contributed by atoms with E-state index in [2.05, 4.69) is 23.4 Å². The minimum Gasteiger partial charge on any atom is -0.335 e. The normalized spacial score (nSPS) is 18.1. The lowest BCUT2D eigenvalue weighted by Gasteiger charge is -2.35. The molecule has 1 aliphatic rings. The van der Waals surface area contributed by atoms with Crippen molar-refractivity contribution >= 4 is 28.6 Å². The van der Waals surface area contributed by atoms with Crippen molar-refractivity contribution in [1.82, 2.24) is 9.88 Å². The van der Waals surface area contributed by atoms with Crippen molar-refractivity contribution < 1.29 is 4.79 Å². The summed E-state index contributed by atoms with van der Waals surface area (Å²) < 4.78 is 0. The van der Waals surface area contributed by atoms with Crippen LogP contribution in [0.3, 0.4) is 0 Å². The van der Waals surface area contributed by atoms with E-state index in [0.29, 0.717) is 6.42 Å². The van der Waals surface area contributed by atoms with E-state index in [0.717, 1.165) is 30.1 Å². The van der Waals surface area contributed by atoms with Crippen LogP contribution in [-0.4, -0.2) is 22.3 Å². The number of carbonyl (C=O) groups is 1. The third-order valence-electron chi connectivity index (χ3n) is 3.80. The van der Waals surface area contributed by atoms with Crippen molar-refractivity contribution in [2.45, 2.75) is 39.2 Å². The zero-order chi connectivity index (χ0) is 14.1. The highest BCUT2D eigenvalue weighted by atomic mass is 32.1. The molecule has 0 radical (unpaired) electrons. The highest BCUT2D eigenvalue weighted by Gasteiger charge is 2.30. The van der Waals surface area contributed by atoms with Gasteiger partial charge < -0.3 is 4.90 Å². The molecule has 0 bridgehead atoms. The molecule has 20 heavy (non-hydrogen) atoms. The summed E-state index contributed by atoms with van der Waals surface area (Å²) in [6.45, 7) is 4.98. The van der Waals surface area contributed by atoms with Gasteiger partial charge in [-0.3, -0.25) is 4.79 Å². The molecule has 0 aliphatic carbocycles. The molecule has 5 heteroatoms. The fourth-order valence-corrected chi connectivity index (χ4v) is 4.42. The maximum atomic E-state index is 12.6. The predicted molar refractivity (Wildman–Crippen MR) is 83.3 cm³/mol. The second kappa shape index (κ2) is 5.66. The minimum atomic E-state index is 0.207. The van der Waals surface area contributed by atoms with Gasteiger partial charge in [0, 0.05) is 16.8 Å². The second-order valence-corrected chi connectivity index (χ2v) is 7.16. The fourth-order valence-electron chi connectivity index (χ4n) is 2.88. The van der Waals surface area contributed by atoms with Gasteiger partial charge in [-0.25, -0.2) is 4.98 Å². The van der Waals surface area contributed by atoms with E-state index in [1.807, 2.05) is 28.5 Å². The van der Waals surface area contributed by atoms with Crippen LogP contribution in [-0.2, 0) is 17.6 Å². The van der Waals surface area contributed by atoms with Crippen LogP contribution < -0.4 is 0 Å². The van der Waals surface area contributed by atoms with E-state index in [1.165, 1.54) is 10.4 Å². The SMILES string of the molecule is CCC1c2ccsc2CCN1C(=O)Cc1csc(C)n1. The monoisotopic (exact) mass is 306 g/mol. The number of fused-ring (bicyclic) bond motifs is 1. The number of hydrogen-bond acceptors (Lipinski definition) is 4. The highest BCUT2D eigenvalue weighted by molar-refractivity contribution is 7.10. The van der Waals surface area contributed by atoms with Crippen LogP contribution in [0.4, 0.5) is 0 Å². The summed E-state index contributed by atoms with van der Waals surface area (Å²) in [6.07, 6.45) is 2.40. The maximum absolute atomic E-state index is 12.6. The molecule has 1 unspecified atom stereocenters. The van der Waals surface area contributed by atoms with Crippen LogP contribution in [0.15, 0.2) is 16.8 Å². The van der Waals surface area contributed by atoms with Crippen LogP contribution >= 0.6 is 22.7 Å². The average molecular weight is 306 g/mol. The first-order valence-corrected chi connectivity index (χ1v) is 8.71. The van der Waals surface area contributed by atoms with E-state index in [4.69, 9.17) is 0 Å². The number of rotatable bonds is 3. The Balaban J connectivity index is 1.78. The van der Waals surface area contributed by atoms with E-state index >= 15 is 0 Å². The molecule has 1 amide bonds. The van der Waals surface area contributed by atoms with E-state index in [1.54, 1.807) is 11.3 Å². The Morgan fingerprint density at radius 1 is 1.50 bits per heavy atom. The minimum absolute atomic E-state index is 0.207. The largest absolute Gasteiger partial charge is 0.335 e. The van der Waals surface area contributed by atoms with Gasteiger partial charge in [0.05, 0.1) is 23.2 Å². The molecule has 3 rings (SSSR count). The zero-order valence-corrected chi connectivity index (χ0v) is 13.4. The smallest absolute Gasteiger partial charge is 0.229 e. The quantitative estimate of drug-likeness (QED) is 0.868. The Kier molecular flexibility index (Phi) is 3.89. The number of thiophene rings is 1. The van der Waals surface area contributed by atoms with Gasteiger partial charge in [0.2, 0.25) is 5.91 Å². The van der Waals surface area contributed by atoms with Gasteiger partial charge in [-0.1, -0.05) is 6.92 Å². The van der Waals surface area contributed by atoms with Crippen LogP contribution in [0.25, 0.3) is 0 Å². The van der Waals surface area contributed by atoms with Crippen molar-refractivity contribution in [3.63, 3.8) is 0 Å². The third kappa shape index (κ3) is 2.52. The molecule has 1 atom stereocenters. The Hall–Kier alpha value is -1.20. The Bertz CT molecular complexity index is 617. The molecular weight excluding hydrogens is 288 g/mol. The molecule has 2 aromatic heterocycles. The first-order chi connectivity index (χ1) is 9.69. The van der Waals surface area contributed by atoms with Gasteiger partial charge in [-0.15, -0.1) is 22.7 Å². The molecule has 3 heterocycles. The van der Waals surface area contributed by atoms with Crippen LogP contribution in [0.1, 0.15) is 40.5 Å². The van der Waals surface area contributed by atoms with Crippen LogP contribution in [0.5, 0.6) is 0 Å². The number of nitrogens with zero attached hydrogens (tertiary/aromatic N) is 2. The van der Waals surface area contributed by atoms with E-state index in [9.17, 15) is 4.79 Å². The summed E-state index contributed by atoms with van der Waals surface area (Å²) in [5, 5.41) is 5.16. The third-order valence-corrected chi connectivity index (χ3v) is 5.62. The van der Waals surface area contributed by atoms with Crippen molar-refractivity contribution in [3.8, 4) is 0 Å². The van der Waals surface area contributed by atoms with E-state index < -0.39 is 0 Å². The first-order valence-electron chi connectivity index (χ1n) is 6.95.